The van der Waals surface area contributed by atoms with E-state index in [9.17, 15) is 4.79 Å². The molecule has 0 spiro atoms. The average molecular weight is 283 g/mol. The smallest absolute Gasteiger partial charge is 0.355 e. The second kappa shape index (κ2) is 4.96. The van der Waals surface area contributed by atoms with E-state index in [4.69, 9.17) is 16.7 Å². The molecule has 6 heteroatoms. The molecule has 1 aromatic heterocycles. The van der Waals surface area contributed by atoms with E-state index in [0.29, 0.717) is 15.0 Å². The molecule has 2 aromatic rings. The molecule has 1 heterocycles. The van der Waals surface area contributed by atoms with Crippen molar-refractivity contribution in [3.8, 4) is 0 Å². The van der Waals surface area contributed by atoms with Gasteiger partial charge in [-0.1, -0.05) is 17.7 Å². The Bertz CT molecular complexity index is 610. The highest BCUT2D eigenvalue weighted by molar-refractivity contribution is 7.15. The van der Waals surface area contributed by atoms with Gasteiger partial charge in [-0.2, -0.15) is 0 Å². The number of nitrogens with zero attached hydrogens (tertiary/aromatic N) is 1. The first-order valence-electron chi connectivity index (χ1n) is 5.22. The van der Waals surface area contributed by atoms with E-state index in [0.717, 1.165) is 11.3 Å². The summed E-state index contributed by atoms with van der Waals surface area (Å²) in [5, 5.41) is 13.2. The number of carboxylic acids is 1. The molecule has 0 amide bonds. The third-order valence-electron chi connectivity index (χ3n) is 2.51. The summed E-state index contributed by atoms with van der Waals surface area (Å²) in [4.78, 5) is 15.6. The lowest BCUT2D eigenvalue weighted by Crippen LogP contribution is -1.99. The van der Waals surface area contributed by atoms with Crippen molar-refractivity contribution in [3.63, 3.8) is 0 Å². The van der Waals surface area contributed by atoms with Gasteiger partial charge < -0.3 is 10.4 Å². The predicted octanol–water partition coefficient (Wildman–Crippen LogP) is 3.86. The summed E-state index contributed by atoms with van der Waals surface area (Å²) in [7, 11) is 0. The Labute approximate surface area is 113 Å². The number of carboxylic acid groups (broad SMARTS) is 1. The number of hydrogen-bond acceptors (Lipinski definition) is 4. The Morgan fingerprint density at radius 2 is 2.17 bits per heavy atom. The highest BCUT2D eigenvalue weighted by atomic mass is 35.5. The van der Waals surface area contributed by atoms with Crippen LogP contribution in [0.3, 0.4) is 0 Å². The maximum Gasteiger partial charge on any atom is 0.355 e. The van der Waals surface area contributed by atoms with Crippen molar-refractivity contribution in [2.24, 2.45) is 0 Å². The lowest BCUT2D eigenvalue weighted by atomic mass is 10.2. The van der Waals surface area contributed by atoms with Gasteiger partial charge in [-0.05, 0) is 31.5 Å². The quantitative estimate of drug-likeness (QED) is 0.897. The van der Waals surface area contributed by atoms with E-state index in [1.807, 2.05) is 19.1 Å². The number of aryl methyl sites for hydroxylation is 1. The molecule has 0 unspecified atom stereocenters. The summed E-state index contributed by atoms with van der Waals surface area (Å²) in [5.41, 5.74) is 1.82. The molecule has 0 saturated heterocycles. The van der Waals surface area contributed by atoms with Crippen molar-refractivity contribution in [2.75, 3.05) is 5.32 Å². The minimum atomic E-state index is -1.01. The summed E-state index contributed by atoms with van der Waals surface area (Å²) in [6.07, 6.45) is 0. The lowest BCUT2D eigenvalue weighted by molar-refractivity contribution is 0.0690. The van der Waals surface area contributed by atoms with Gasteiger partial charge >= 0.3 is 5.97 Å². The molecule has 4 nitrogen and oxygen atoms in total. The summed E-state index contributed by atoms with van der Waals surface area (Å²) < 4.78 is 0. The molecular formula is C12H11ClN2O2S. The molecule has 0 aliphatic carbocycles. The zero-order chi connectivity index (χ0) is 13.3. The van der Waals surface area contributed by atoms with E-state index >= 15 is 0 Å². The second-order valence-electron chi connectivity index (χ2n) is 3.77. The highest BCUT2D eigenvalue weighted by Gasteiger charge is 2.14. The molecule has 0 radical (unpaired) electrons. The minimum Gasteiger partial charge on any atom is -0.476 e. The number of nitrogens with one attached hydrogen (secondary N) is 1. The molecule has 0 aliphatic heterocycles. The number of thiazole rings is 1. The first-order valence-corrected chi connectivity index (χ1v) is 6.41. The van der Waals surface area contributed by atoms with Crippen LogP contribution in [-0.4, -0.2) is 16.1 Å². The average Bonchev–Trinajstić information content (AvgIpc) is 2.66. The molecular weight excluding hydrogens is 272 g/mol. The van der Waals surface area contributed by atoms with Crippen molar-refractivity contribution in [1.29, 1.82) is 0 Å². The van der Waals surface area contributed by atoms with Gasteiger partial charge in [0.1, 0.15) is 0 Å². The molecule has 2 N–H and O–H groups in total. The van der Waals surface area contributed by atoms with Crippen LogP contribution in [0.1, 0.15) is 20.9 Å². The summed E-state index contributed by atoms with van der Waals surface area (Å²) in [6.45, 7) is 3.63. The van der Waals surface area contributed by atoms with Gasteiger partial charge in [-0.15, -0.1) is 11.3 Å². The van der Waals surface area contributed by atoms with Crippen LogP contribution in [0.4, 0.5) is 10.8 Å². The monoisotopic (exact) mass is 282 g/mol. The standard InChI is InChI=1S/C12H11ClN2O2S/c1-6-8(13)4-3-5-9(6)14-12-15-10(11(16)17)7(2)18-12/h3-5H,1-2H3,(H,14,15)(H,16,17). The van der Waals surface area contributed by atoms with Gasteiger partial charge in [0.05, 0.1) is 0 Å². The zero-order valence-electron chi connectivity index (χ0n) is 9.82. The molecule has 1 aromatic carbocycles. The van der Waals surface area contributed by atoms with Gasteiger partial charge in [0, 0.05) is 15.6 Å². The Hall–Kier alpha value is -1.59. The maximum absolute atomic E-state index is 10.9. The van der Waals surface area contributed by atoms with E-state index < -0.39 is 5.97 Å². The van der Waals surface area contributed by atoms with Crippen LogP contribution in [0.25, 0.3) is 0 Å². The number of rotatable bonds is 3. The number of benzene rings is 1. The molecule has 18 heavy (non-hydrogen) atoms. The summed E-state index contributed by atoms with van der Waals surface area (Å²) in [5.74, 6) is -1.01. The fourth-order valence-corrected chi connectivity index (χ4v) is 2.50. The molecule has 0 bridgehead atoms. The summed E-state index contributed by atoms with van der Waals surface area (Å²) in [6, 6.07) is 5.51. The van der Waals surface area contributed by atoms with Crippen molar-refractivity contribution in [2.45, 2.75) is 13.8 Å². The van der Waals surface area contributed by atoms with Gasteiger partial charge in [0.15, 0.2) is 10.8 Å². The van der Waals surface area contributed by atoms with E-state index in [1.54, 1.807) is 13.0 Å². The Morgan fingerprint density at radius 1 is 1.44 bits per heavy atom. The Morgan fingerprint density at radius 3 is 2.78 bits per heavy atom. The number of carbonyl (C=O) groups is 1. The van der Waals surface area contributed by atoms with Gasteiger partial charge in [-0.25, -0.2) is 9.78 Å². The van der Waals surface area contributed by atoms with Gasteiger partial charge in [0.25, 0.3) is 0 Å². The summed E-state index contributed by atoms with van der Waals surface area (Å²) >= 11 is 7.32. The van der Waals surface area contributed by atoms with E-state index in [1.165, 1.54) is 11.3 Å². The lowest BCUT2D eigenvalue weighted by Gasteiger charge is -2.07. The second-order valence-corrected chi connectivity index (χ2v) is 5.38. The Balaban J connectivity index is 2.32. The third-order valence-corrected chi connectivity index (χ3v) is 3.80. The number of halogens is 1. The van der Waals surface area contributed by atoms with Crippen LogP contribution in [0, 0.1) is 13.8 Å². The van der Waals surface area contributed by atoms with Crippen LogP contribution in [0.5, 0.6) is 0 Å². The first-order chi connectivity index (χ1) is 8.49. The topological polar surface area (TPSA) is 62.2 Å². The van der Waals surface area contributed by atoms with Crippen LogP contribution in [0.2, 0.25) is 5.02 Å². The maximum atomic E-state index is 10.9. The molecule has 0 saturated carbocycles. The normalized spacial score (nSPS) is 10.4. The van der Waals surface area contributed by atoms with Crippen LogP contribution < -0.4 is 5.32 Å². The van der Waals surface area contributed by atoms with Crippen molar-refractivity contribution < 1.29 is 9.90 Å². The largest absolute Gasteiger partial charge is 0.476 e. The van der Waals surface area contributed by atoms with E-state index in [-0.39, 0.29) is 5.69 Å². The minimum absolute atomic E-state index is 0.0854. The van der Waals surface area contributed by atoms with Crippen molar-refractivity contribution >= 4 is 39.7 Å². The van der Waals surface area contributed by atoms with Crippen LogP contribution >= 0.6 is 22.9 Å². The highest BCUT2D eigenvalue weighted by Crippen LogP contribution is 2.29. The number of aromatic carboxylic acids is 1. The fourth-order valence-electron chi connectivity index (χ4n) is 1.51. The molecule has 0 fully saturated rings. The van der Waals surface area contributed by atoms with Crippen molar-refractivity contribution in [3.05, 3.63) is 39.4 Å². The van der Waals surface area contributed by atoms with Gasteiger partial charge in [0.2, 0.25) is 0 Å². The fraction of sp³-hybridized carbons (Fsp3) is 0.167. The van der Waals surface area contributed by atoms with E-state index in [2.05, 4.69) is 10.3 Å². The molecule has 94 valence electrons. The SMILES string of the molecule is Cc1sc(Nc2cccc(Cl)c2C)nc1C(=O)O. The Kier molecular flexibility index (Phi) is 3.54. The molecule has 0 aliphatic rings. The number of aromatic nitrogens is 1. The van der Waals surface area contributed by atoms with Crippen molar-refractivity contribution in [1.82, 2.24) is 4.98 Å². The van der Waals surface area contributed by atoms with Gasteiger partial charge in [-0.3, -0.25) is 0 Å². The molecule has 2 rings (SSSR count). The van der Waals surface area contributed by atoms with Crippen LogP contribution in [0.15, 0.2) is 18.2 Å². The zero-order valence-corrected chi connectivity index (χ0v) is 11.4. The number of hydrogen-bond donors (Lipinski definition) is 2. The number of anilines is 2. The predicted molar refractivity (Wildman–Crippen MR) is 73.3 cm³/mol. The first kappa shape index (κ1) is 12.9. The molecule has 0 atom stereocenters. The van der Waals surface area contributed by atoms with Crippen LogP contribution in [-0.2, 0) is 0 Å². The third kappa shape index (κ3) is 2.47.